The third-order valence-corrected chi connectivity index (χ3v) is 3.92. The van der Waals surface area contributed by atoms with E-state index in [0.717, 1.165) is 64.2 Å². The van der Waals surface area contributed by atoms with Crippen molar-refractivity contribution >= 4 is 12.1 Å². The van der Waals surface area contributed by atoms with Crippen LogP contribution in [0.2, 0.25) is 0 Å². The van der Waals surface area contributed by atoms with Crippen LogP contribution in [0, 0.1) is 0 Å². The normalized spacial score (nSPS) is 10.4. The Balaban J connectivity index is 3.28. The van der Waals surface area contributed by atoms with Gasteiger partial charge in [0.15, 0.2) is 0 Å². The standard InChI is InChI=1S/C18H38N4O4/c23-15-9-3-1-5-11-19-17(25)21-13-7-8-14-22-18(26)20-12-6-2-4-10-16-24/h23-24H,1-16H2,(H2,19,21,25)(H2,20,22,26). The zero-order chi connectivity index (χ0) is 19.3. The summed E-state index contributed by atoms with van der Waals surface area (Å²) in [4.78, 5) is 23.1. The minimum absolute atomic E-state index is 0.154. The third kappa shape index (κ3) is 18.8. The molecule has 0 spiro atoms. The maximum Gasteiger partial charge on any atom is 0.314 e. The summed E-state index contributed by atoms with van der Waals surface area (Å²) in [5.74, 6) is 0. The number of unbranched alkanes of at least 4 members (excludes halogenated alkanes) is 7. The molecule has 8 nitrogen and oxygen atoms in total. The Labute approximate surface area is 157 Å². The quantitative estimate of drug-likeness (QED) is 0.216. The van der Waals surface area contributed by atoms with Gasteiger partial charge in [0.2, 0.25) is 0 Å². The smallest absolute Gasteiger partial charge is 0.314 e. The molecule has 0 saturated carbocycles. The number of amides is 4. The van der Waals surface area contributed by atoms with Crippen LogP contribution in [0.25, 0.3) is 0 Å². The maximum atomic E-state index is 11.5. The average Bonchev–Trinajstić information content (AvgIpc) is 2.63. The summed E-state index contributed by atoms with van der Waals surface area (Å²) in [7, 11) is 0. The Kier molecular flexibility index (Phi) is 18.6. The van der Waals surface area contributed by atoms with Gasteiger partial charge in [-0.3, -0.25) is 0 Å². The zero-order valence-electron chi connectivity index (χ0n) is 16.0. The highest BCUT2D eigenvalue weighted by Crippen LogP contribution is 1.98. The maximum absolute atomic E-state index is 11.5. The molecule has 0 aliphatic heterocycles. The Morgan fingerprint density at radius 3 is 1.04 bits per heavy atom. The van der Waals surface area contributed by atoms with E-state index >= 15 is 0 Å². The molecule has 154 valence electrons. The van der Waals surface area contributed by atoms with Gasteiger partial charge < -0.3 is 31.5 Å². The van der Waals surface area contributed by atoms with Crippen LogP contribution in [0.3, 0.4) is 0 Å². The van der Waals surface area contributed by atoms with Gasteiger partial charge in [0, 0.05) is 39.4 Å². The molecule has 0 radical (unpaired) electrons. The first-order chi connectivity index (χ1) is 12.7. The molecule has 0 unspecified atom stereocenters. The van der Waals surface area contributed by atoms with Gasteiger partial charge in [-0.25, -0.2) is 9.59 Å². The van der Waals surface area contributed by atoms with Crippen molar-refractivity contribution in [3.63, 3.8) is 0 Å². The topological polar surface area (TPSA) is 123 Å². The fraction of sp³-hybridized carbons (Fsp3) is 0.889. The van der Waals surface area contributed by atoms with Crippen molar-refractivity contribution in [1.29, 1.82) is 0 Å². The van der Waals surface area contributed by atoms with Gasteiger partial charge in [-0.05, 0) is 38.5 Å². The third-order valence-electron chi connectivity index (χ3n) is 3.92. The lowest BCUT2D eigenvalue weighted by atomic mass is 10.2. The number of carbonyl (C=O) groups is 2. The molecule has 4 amide bonds. The molecular formula is C18H38N4O4. The number of carbonyl (C=O) groups excluding carboxylic acids is 2. The molecule has 26 heavy (non-hydrogen) atoms. The molecule has 0 aliphatic rings. The predicted molar refractivity (Wildman–Crippen MR) is 103 cm³/mol. The van der Waals surface area contributed by atoms with Crippen LogP contribution in [-0.4, -0.2) is 61.7 Å². The Morgan fingerprint density at radius 1 is 0.462 bits per heavy atom. The van der Waals surface area contributed by atoms with Crippen LogP contribution in [0.5, 0.6) is 0 Å². The number of aliphatic hydroxyl groups excluding tert-OH is 2. The molecule has 0 saturated heterocycles. The second-order valence-electron chi connectivity index (χ2n) is 6.35. The van der Waals surface area contributed by atoms with Crippen LogP contribution in [0.1, 0.15) is 64.2 Å². The molecule has 0 aromatic carbocycles. The van der Waals surface area contributed by atoms with Crippen molar-refractivity contribution in [1.82, 2.24) is 21.3 Å². The highest BCUT2D eigenvalue weighted by atomic mass is 16.3. The number of hydrogen-bond acceptors (Lipinski definition) is 4. The van der Waals surface area contributed by atoms with E-state index < -0.39 is 0 Å². The number of hydrogen-bond donors (Lipinski definition) is 6. The van der Waals surface area contributed by atoms with Crippen LogP contribution >= 0.6 is 0 Å². The summed E-state index contributed by atoms with van der Waals surface area (Å²) in [5.41, 5.74) is 0. The first-order valence-electron chi connectivity index (χ1n) is 9.95. The monoisotopic (exact) mass is 374 g/mol. The van der Waals surface area contributed by atoms with Crippen molar-refractivity contribution in [2.75, 3.05) is 39.4 Å². The molecular weight excluding hydrogens is 336 g/mol. The van der Waals surface area contributed by atoms with Crippen molar-refractivity contribution < 1.29 is 19.8 Å². The van der Waals surface area contributed by atoms with Gasteiger partial charge in [0.1, 0.15) is 0 Å². The molecule has 6 N–H and O–H groups in total. The van der Waals surface area contributed by atoms with E-state index in [0.29, 0.717) is 26.2 Å². The molecule has 0 heterocycles. The molecule has 0 bridgehead atoms. The highest BCUT2D eigenvalue weighted by Gasteiger charge is 2.00. The highest BCUT2D eigenvalue weighted by molar-refractivity contribution is 5.74. The largest absolute Gasteiger partial charge is 0.396 e. The van der Waals surface area contributed by atoms with E-state index in [4.69, 9.17) is 10.2 Å². The van der Waals surface area contributed by atoms with Crippen molar-refractivity contribution in [2.45, 2.75) is 64.2 Å². The minimum atomic E-state index is -0.154. The van der Waals surface area contributed by atoms with E-state index in [1.165, 1.54) is 0 Å². The lowest BCUT2D eigenvalue weighted by Crippen LogP contribution is -2.38. The SMILES string of the molecule is O=C(NCCCCCCO)NCCCCNC(=O)NCCCCCCO. The minimum Gasteiger partial charge on any atom is -0.396 e. The van der Waals surface area contributed by atoms with Crippen LogP contribution in [0.4, 0.5) is 9.59 Å². The van der Waals surface area contributed by atoms with Crippen LogP contribution in [0.15, 0.2) is 0 Å². The molecule has 0 rings (SSSR count). The fourth-order valence-corrected chi connectivity index (χ4v) is 2.36. The van der Waals surface area contributed by atoms with E-state index in [2.05, 4.69) is 21.3 Å². The summed E-state index contributed by atoms with van der Waals surface area (Å²) in [6.45, 7) is 2.94. The first-order valence-corrected chi connectivity index (χ1v) is 9.95. The number of aliphatic hydroxyl groups is 2. The molecule has 0 aromatic rings. The van der Waals surface area contributed by atoms with Gasteiger partial charge in [-0.1, -0.05) is 25.7 Å². The molecule has 0 atom stereocenters. The van der Waals surface area contributed by atoms with Gasteiger partial charge in [0.05, 0.1) is 0 Å². The second kappa shape index (κ2) is 19.8. The lowest BCUT2D eigenvalue weighted by molar-refractivity contribution is 0.238. The Hall–Kier alpha value is -1.54. The number of rotatable bonds is 17. The molecule has 0 aliphatic carbocycles. The summed E-state index contributed by atoms with van der Waals surface area (Å²) < 4.78 is 0. The molecule has 0 fully saturated rings. The fourth-order valence-electron chi connectivity index (χ4n) is 2.36. The van der Waals surface area contributed by atoms with Crippen molar-refractivity contribution in [3.05, 3.63) is 0 Å². The van der Waals surface area contributed by atoms with Crippen LogP contribution < -0.4 is 21.3 Å². The Morgan fingerprint density at radius 2 is 0.731 bits per heavy atom. The summed E-state index contributed by atoms with van der Waals surface area (Å²) in [6, 6.07) is -0.307. The summed E-state index contributed by atoms with van der Waals surface area (Å²) in [6.07, 6.45) is 9.12. The Bertz CT molecular complexity index is 311. The van der Waals surface area contributed by atoms with Crippen molar-refractivity contribution in [3.8, 4) is 0 Å². The van der Waals surface area contributed by atoms with Gasteiger partial charge >= 0.3 is 12.1 Å². The summed E-state index contributed by atoms with van der Waals surface area (Å²) in [5, 5.41) is 28.5. The lowest BCUT2D eigenvalue weighted by Gasteiger charge is -2.09. The van der Waals surface area contributed by atoms with E-state index in [-0.39, 0.29) is 25.3 Å². The van der Waals surface area contributed by atoms with Crippen molar-refractivity contribution in [2.24, 2.45) is 0 Å². The van der Waals surface area contributed by atoms with Crippen LogP contribution in [-0.2, 0) is 0 Å². The number of urea groups is 2. The number of nitrogens with one attached hydrogen (secondary N) is 4. The van der Waals surface area contributed by atoms with E-state index in [1.807, 2.05) is 0 Å². The van der Waals surface area contributed by atoms with Gasteiger partial charge in [-0.2, -0.15) is 0 Å². The molecule has 0 aromatic heterocycles. The van der Waals surface area contributed by atoms with E-state index in [1.54, 1.807) is 0 Å². The average molecular weight is 375 g/mol. The molecule has 8 heteroatoms. The first kappa shape index (κ1) is 24.5. The second-order valence-corrected chi connectivity index (χ2v) is 6.35. The van der Waals surface area contributed by atoms with Gasteiger partial charge in [0.25, 0.3) is 0 Å². The van der Waals surface area contributed by atoms with Gasteiger partial charge in [-0.15, -0.1) is 0 Å². The van der Waals surface area contributed by atoms with E-state index in [9.17, 15) is 9.59 Å². The summed E-state index contributed by atoms with van der Waals surface area (Å²) >= 11 is 0. The zero-order valence-corrected chi connectivity index (χ0v) is 16.0. The predicted octanol–water partition coefficient (Wildman–Crippen LogP) is 1.47.